The highest BCUT2D eigenvalue weighted by molar-refractivity contribution is 5.92. The fraction of sp³-hybridized carbons (Fsp3) is 0.643. The van der Waals surface area contributed by atoms with Gasteiger partial charge in [0.15, 0.2) is 6.61 Å². The maximum atomic E-state index is 11.2. The Balaban J connectivity index is 3.74. The van der Waals surface area contributed by atoms with Crippen molar-refractivity contribution in [2.45, 2.75) is 26.7 Å². The van der Waals surface area contributed by atoms with Crippen LogP contribution in [-0.4, -0.2) is 50.9 Å². The smallest absolute Gasteiger partial charge is 0.344 e. The van der Waals surface area contributed by atoms with Gasteiger partial charge in [-0.15, -0.1) is 0 Å². The van der Waals surface area contributed by atoms with Crippen LogP contribution in [0, 0.1) is 0 Å². The molecule has 0 rings (SSSR count). The minimum atomic E-state index is -0.816. The molecule has 0 spiro atoms. The first kappa shape index (κ1) is 19.1. The van der Waals surface area contributed by atoms with E-state index in [1.54, 1.807) is 0 Å². The molecule has 0 saturated carbocycles. The SMILES string of the molecule is CCCCOC(=O)COC(=O)/C=C/C(=O)OCCOCC. The van der Waals surface area contributed by atoms with Gasteiger partial charge < -0.3 is 18.9 Å². The molecule has 0 atom stereocenters. The van der Waals surface area contributed by atoms with Crippen LogP contribution in [0.4, 0.5) is 0 Å². The minimum Gasteiger partial charge on any atom is -0.463 e. The largest absolute Gasteiger partial charge is 0.463 e. The van der Waals surface area contributed by atoms with Gasteiger partial charge in [-0.25, -0.2) is 14.4 Å². The summed E-state index contributed by atoms with van der Waals surface area (Å²) in [7, 11) is 0. The first-order valence-electron chi connectivity index (χ1n) is 6.85. The van der Waals surface area contributed by atoms with Gasteiger partial charge in [0.05, 0.1) is 13.2 Å². The van der Waals surface area contributed by atoms with E-state index >= 15 is 0 Å². The van der Waals surface area contributed by atoms with Crippen LogP contribution in [0.25, 0.3) is 0 Å². The van der Waals surface area contributed by atoms with Crippen molar-refractivity contribution in [3.05, 3.63) is 12.2 Å². The number of carbonyl (C=O) groups excluding carboxylic acids is 3. The normalized spacial score (nSPS) is 10.4. The number of rotatable bonds is 11. The molecule has 0 aliphatic rings. The summed E-state index contributed by atoms with van der Waals surface area (Å²) in [5.74, 6) is -2.12. The van der Waals surface area contributed by atoms with Gasteiger partial charge in [-0.3, -0.25) is 0 Å². The molecular formula is C14H22O7. The standard InChI is InChI=1S/C14H22O7/c1-3-5-8-19-14(17)11-21-13(16)7-6-12(15)20-10-9-18-4-2/h6-7H,3-5,8-11H2,1-2H3/b7-6+. The maximum absolute atomic E-state index is 11.2. The lowest BCUT2D eigenvalue weighted by Crippen LogP contribution is -2.16. The van der Waals surface area contributed by atoms with Gasteiger partial charge in [-0.05, 0) is 13.3 Å². The number of hydrogen-bond donors (Lipinski definition) is 0. The van der Waals surface area contributed by atoms with Crippen LogP contribution in [-0.2, 0) is 33.3 Å². The first-order chi connectivity index (χ1) is 10.1. The van der Waals surface area contributed by atoms with Crippen molar-refractivity contribution in [1.82, 2.24) is 0 Å². The van der Waals surface area contributed by atoms with Crippen molar-refractivity contribution in [3.8, 4) is 0 Å². The van der Waals surface area contributed by atoms with Gasteiger partial charge in [-0.2, -0.15) is 0 Å². The van der Waals surface area contributed by atoms with Gasteiger partial charge in [0, 0.05) is 18.8 Å². The maximum Gasteiger partial charge on any atom is 0.344 e. The van der Waals surface area contributed by atoms with E-state index < -0.39 is 24.5 Å². The number of carbonyl (C=O) groups is 3. The zero-order valence-corrected chi connectivity index (χ0v) is 12.5. The van der Waals surface area contributed by atoms with Gasteiger partial charge in [0.2, 0.25) is 0 Å². The molecule has 0 aromatic carbocycles. The molecule has 0 bridgehead atoms. The molecule has 0 N–H and O–H groups in total. The highest BCUT2D eigenvalue weighted by Crippen LogP contribution is 1.91. The van der Waals surface area contributed by atoms with Crippen molar-refractivity contribution < 1.29 is 33.3 Å². The van der Waals surface area contributed by atoms with E-state index in [9.17, 15) is 14.4 Å². The molecule has 0 aliphatic heterocycles. The van der Waals surface area contributed by atoms with Crippen molar-refractivity contribution in [2.75, 3.05) is 33.0 Å². The number of esters is 3. The zero-order valence-electron chi connectivity index (χ0n) is 12.5. The molecule has 0 unspecified atom stereocenters. The summed E-state index contributed by atoms with van der Waals surface area (Å²) in [6, 6.07) is 0. The number of ether oxygens (including phenoxy) is 4. The van der Waals surface area contributed by atoms with Crippen LogP contribution in [0.15, 0.2) is 12.2 Å². The van der Waals surface area contributed by atoms with Gasteiger partial charge >= 0.3 is 17.9 Å². The van der Waals surface area contributed by atoms with Crippen molar-refractivity contribution in [2.24, 2.45) is 0 Å². The summed E-state index contributed by atoms with van der Waals surface area (Å²) in [4.78, 5) is 33.5. The van der Waals surface area contributed by atoms with Crippen LogP contribution in [0.2, 0.25) is 0 Å². The van der Waals surface area contributed by atoms with E-state index in [2.05, 4.69) is 4.74 Å². The fourth-order valence-corrected chi connectivity index (χ4v) is 1.08. The molecule has 120 valence electrons. The average molecular weight is 302 g/mol. The summed E-state index contributed by atoms with van der Waals surface area (Å²) in [5.41, 5.74) is 0. The zero-order chi connectivity index (χ0) is 15.9. The molecule has 0 aromatic heterocycles. The molecule has 0 aliphatic carbocycles. The third-order valence-corrected chi connectivity index (χ3v) is 2.12. The average Bonchev–Trinajstić information content (AvgIpc) is 2.47. The van der Waals surface area contributed by atoms with Crippen LogP contribution in [0.1, 0.15) is 26.7 Å². The lowest BCUT2D eigenvalue weighted by Gasteiger charge is -2.03. The number of unbranched alkanes of at least 4 members (excludes halogenated alkanes) is 1. The Bertz CT molecular complexity index is 349. The Labute approximate surface area is 124 Å². The van der Waals surface area contributed by atoms with Crippen LogP contribution in [0.5, 0.6) is 0 Å². The Morgan fingerprint density at radius 2 is 1.52 bits per heavy atom. The predicted molar refractivity (Wildman–Crippen MR) is 73.4 cm³/mol. The summed E-state index contributed by atoms with van der Waals surface area (Å²) >= 11 is 0. The van der Waals surface area contributed by atoms with E-state index in [4.69, 9.17) is 14.2 Å². The topological polar surface area (TPSA) is 88.1 Å². The second-order valence-electron chi connectivity index (χ2n) is 3.88. The predicted octanol–water partition coefficient (Wildman–Crippen LogP) is 1.01. The molecule has 0 saturated heterocycles. The van der Waals surface area contributed by atoms with Crippen LogP contribution < -0.4 is 0 Å². The molecule has 0 amide bonds. The third kappa shape index (κ3) is 12.9. The molecule has 0 heterocycles. The highest BCUT2D eigenvalue weighted by Gasteiger charge is 2.06. The Hall–Kier alpha value is -1.89. The quantitative estimate of drug-likeness (QED) is 0.243. The third-order valence-electron chi connectivity index (χ3n) is 2.12. The molecule has 0 fully saturated rings. The second kappa shape index (κ2) is 13.1. The molecule has 21 heavy (non-hydrogen) atoms. The highest BCUT2D eigenvalue weighted by atomic mass is 16.6. The molecule has 0 radical (unpaired) electrons. The van der Waals surface area contributed by atoms with Crippen molar-refractivity contribution in [3.63, 3.8) is 0 Å². The summed E-state index contributed by atoms with van der Waals surface area (Å²) in [6.07, 6.45) is 3.48. The van der Waals surface area contributed by atoms with Crippen molar-refractivity contribution >= 4 is 17.9 Å². The van der Waals surface area contributed by atoms with E-state index in [0.29, 0.717) is 19.8 Å². The fourth-order valence-electron chi connectivity index (χ4n) is 1.08. The second-order valence-corrected chi connectivity index (χ2v) is 3.88. The monoisotopic (exact) mass is 302 g/mol. The Morgan fingerprint density at radius 3 is 2.14 bits per heavy atom. The lowest BCUT2D eigenvalue weighted by atomic mass is 10.4. The Morgan fingerprint density at radius 1 is 0.857 bits per heavy atom. The molecule has 0 aromatic rings. The van der Waals surface area contributed by atoms with Gasteiger partial charge in [0.25, 0.3) is 0 Å². The summed E-state index contributed by atoms with van der Waals surface area (Å²) in [6.45, 7) is 4.55. The molecule has 7 heteroatoms. The van der Waals surface area contributed by atoms with Gasteiger partial charge in [0.1, 0.15) is 6.61 Å². The molecular weight excluding hydrogens is 280 g/mol. The molecule has 7 nitrogen and oxygen atoms in total. The summed E-state index contributed by atoms with van der Waals surface area (Å²) in [5, 5.41) is 0. The van der Waals surface area contributed by atoms with E-state index in [-0.39, 0.29) is 6.61 Å². The Kier molecular flexibility index (Phi) is 11.9. The van der Waals surface area contributed by atoms with Crippen molar-refractivity contribution in [1.29, 1.82) is 0 Å². The summed E-state index contributed by atoms with van der Waals surface area (Å²) < 4.78 is 19.1. The van der Waals surface area contributed by atoms with E-state index in [1.807, 2.05) is 13.8 Å². The van der Waals surface area contributed by atoms with Crippen LogP contribution >= 0.6 is 0 Å². The van der Waals surface area contributed by atoms with E-state index in [1.165, 1.54) is 0 Å². The van der Waals surface area contributed by atoms with E-state index in [0.717, 1.165) is 25.0 Å². The first-order valence-corrected chi connectivity index (χ1v) is 6.85. The van der Waals surface area contributed by atoms with Gasteiger partial charge in [-0.1, -0.05) is 13.3 Å². The van der Waals surface area contributed by atoms with Crippen LogP contribution in [0.3, 0.4) is 0 Å². The number of hydrogen-bond acceptors (Lipinski definition) is 7. The lowest BCUT2D eigenvalue weighted by molar-refractivity contribution is -0.156. The minimum absolute atomic E-state index is 0.107.